The molecule has 0 fully saturated rings. The lowest BCUT2D eigenvalue weighted by Gasteiger charge is -2.11. The van der Waals surface area contributed by atoms with Gasteiger partial charge in [-0.2, -0.15) is 0 Å². The summed E-state index contributed by atoms with van der Waals surface area (Å²) in [6, 6.07) is 3.60. The molecule has 0 bridgehead atoms. The number of nitrogens with zero attached hydrogens (tertiary/aromatic N) is 4. The van der Waals surface area contributed by atoms with Crippen LogP contribution in [0.5, 0.6) is 5.75 Å². The highest BCUT2D eigenvalue weighted by atomic mass is 35.5. The van der Waals surface area contributed by atoms with Crippen molar-refractivity contribution >= 4 is 35.0 Å². The van der Waals surface area contributed by atoms with Gasteiger partial charge in [-0.05, 0) is 29.5 Å². The second kappa shape index (κ2) is 8.57. The fourth-order valence-electron chi connectivity index (χ4n) is 1.91. The van der Waals surface area contributed by atoms with Crippen molar-refractivity contribution in [1.29, 1.82) is 0 Å². The molecular formula is C13H18Cl2N5OS+. The van der Waals surface area contributed by atoms with E-state index in [0.717, 1.165) is 35.3 Å². The molecule has 0 amide bonds. The van der Waals surface area contributed by atoms with E-state index < -0.39 is 0 Å². The molecule has 0 aliphatic rings. The van der Waals surface area contributed by atoms with Crippen LogP contribution in [-0.4, -0.2) is 39.1 Å². The SMILES string of the molecule is CCOc1c(Cl)cc(Cl)cc1C[NH2+]CCSc1nnnn1C. The number of benzene rings is 1. The minimum absolute atomic E-state index is 0.553. The minimum atomic E-state index is 0.553. The van der Waals surface area contributed by atoms with Gasteiger partial charge in [-0.15, -0.1) is 5.10 Å². The van der Waals surface area contributed by atoms with Crippen LogP contribution in [0.3, 0.4) is 0 Å². The molecule has 0 unspecified atom stereocenters. The molecule has 22 heavy (non-hydrogen) atoms. The average molecular weight is 363 g/mol. The second-order valence-electron chi connectivity index (χ2n) is 4.52. The van der Waals surface area contributed by atoms with E-state index in [-0.39, 0.29) is 0 Å². The lowest BCUT2D eigenvalue weighted by atomic mass is 10.2. The van der Waals surface area contributed by atoms with E-state index in [1.54, 1.807) is 22.5 Å². The number of rotatable bonds is 8. The molecule has 1 aromatic heterocycles. The zero-order valence-corrected chi connectivity index (χ0v) is 14.8. The molecule has 0 aliphatic carbocycles. The number of quaternary nitrogens is 1. The summed E-state index contributed by atoms with van der Waals surface area (Å²) in [4.78, 5) is 0. The van der Waals surface area contributed by atoms with Crippen molar-refractivity contribution in [3.8, 4) is 5.75 Å². The minimum Gasteiger partial charge on any atom is -0.492 e. The molecule has 2 N–H and O–H groups in total. The first kappa shape index (κ1) is 17.3. The third-order valence-corrected chi connectivity index (χ3v) is 4.42. The van der Waals surface area contributed by atoms with Crippen molar-refractivity contribution in [3.63, 3.8) is 0 Å². The van der Waals surface area contributed by atoms with Crippen molar-refractivity contribution < 1.29 is 10.1 Å². The van der Waals surface area contributed by atoms with Gasteiger partial charge < -0.3 is 10.1 Å². The smallest absolute Gasteiger partial charge is 0.209 e. The van der Waals surface area contributed by atoms with E-state index in [2.05, 4.69) is 20.8 Å². The van der Waals surface area contributed by atoms with Crippen LogP contribution in [0.15, 0.2) is 17.3 Å². The average Bonchev–Trinajstić information content (AvgIpc) is 2.87. The number of hydrogen-bond acceptors (Lipinski definition) is 5. The Balaban J connectivity index is 1.85. The summed E-state index contributed by atoms with van der Waals surface area (Å²) in [6.07, 6.45) is 0. The van der Waals surface area contributed by atoms with Gasteiger partial charge in [0.2, 0.25) is 5.16 Å². The van der Waals surface area contributed by atoms with Gasteiger partial charge in [0.1, 0.15) is 12.3 Å². The lowest BCUT2D eigenvalue weighted by Crippen LogP contribution is -2.83. The van der Waals surface area contributed by atoms with E-state index in [1.165, 1.54) is 0 Å². The van der Waals surface area contributed by atoms with Crippen molar-refractivity contribution in [2.24, 2.45) is 7.05 Å². The van der Waals surface area contributed by atoms with Crippen LogP contribution in [0.2, 0.25) is 10.0 Å². The van der Waals surface area contributed by atoms with E-state index in [4.69, 9.17) is 27.9 Å². The van der Waals surface area contributed by atoms with Crippen LogP contribution < -0.4 is 10.1 Å². The van der Waals surface area contributed by atoms with Crippen molar-refractivity contribution in [1.82, 2.24) is 20.2 Å². The van der Waals surface area contributed by atoms with Gasteiger partial charge >= 0.3 is 0 Å². The molecule has 0 spiro atoms. The number of halogens is 2. The predicted octanol–water partition coefficient (Wildman–Crippen LogP) is 1.77. The molecular weight excluding hydrogens is 345 g/mol. The van der Waals surface area contributed by atoms with Gasteiger partial charge in [0, 0.05) is 12.1 Å². The first-order valence-corrected chi connectivity index (χ1v) is 8.63. The maximum Gasteiger partial charge on any atom is 0.209 e. The van der Waals surface area contributed by atoms with Crippen molar-refractivity contribution in [3.05, 3.63) is 27.7 Å². The van der Waals surface area contributed by atoms with Crippen LogP contribution in [0.4, 0.5) is 0 Å². The Hall–Kier alpha value is -1.02. The Labute approximate surface area is 143 Å². The topological polar surface area (TPSA) is 69.4 Å². The fourth-order valence-corrected chi connectivity index (χ4v) is 3.28. The standard InChI is InChI=1S/C13H17Cl2N5OS/c1-3-21-12-9(6-10(14)7-11(12)15)8-16-4-5-22-13-17-18-19-20(13)2/h6-7,16H,3-5,8H2,1-2H3/p+1. The van der Waals surface area contributed by atoms with Crippen LogP contribution >= 0.6 is 35.0 Å². The first-order valence-electron chi connectivity index (χ1n) is 6.89. The van der Waals surface area contributed by atoms with Gasteiger partial charge in [-0.1, -0.05) is 35.0 Å². The third kappa shape index (κ3) is 4.74. The number of nitrogens with two attached hydrogens (primary N) is 1. The quantitative estimate of drug-likeness (QED) is 0.572. The molecule has 2 aromatic rings. The molecule has 0 aliphatic heterocycles. The Morgan fingerprint density at radius 3 is 2.86 bits per heavy atom. The molecule has 120 valence electrons. The third-order valence-electron chi connectivity index (χ3n) is 2.87. The highest BCUT2D eigenvalue weighted by Crippen LogP contribution is 2.32. The zero-order chi connectivity index (χ0) is 15.9. The Morgan fingerprint density at radius 1 is 1.36 bits per heavy atom. The summed E-state index contributed by atoms with van der Waals surface area (Å²) < 4.78 is 7.27. The van der Waals surface area contributed by atoms with E-state index in [9.17, 15) is 0 Å². The first-order chi connectivity index (χ1) is 10.6. The molecule has 0 radical (unpaired) electrons. The number of aromatic nitrogens is 4. The van der Waals surface area contributed by atoms with Crippen molar-refractivity contribution in [2.45, 2.75) is 18.6 Å². The normalized spacial score (nSPS) is 10.9. The summed E-state index contributed by atoms with van der Waals surface area (Å²) in [6.45, 7) is 4.19. The van der Waals surface area contributed by atoms with Gasteiger partial charge in [0.25, 0.3) is 0 Å². The highest BCUT2D eigenvalue weighted by molar-refractivity contribution is 7.99. The van der Waals surface area contributed by atoms with Gasteiger partial charge in [-0.3, -0.25) is 0 Å². The molecule has 9 heteroatoms. The summed E-state index contributed by atoms with van der Waals surface area (Å²) in [5.74, 6) is 1.63. The summed E-state index contributed by atoms with van der Waals surface area (Å²) in [7, 11) is 1.83. The number of thioether (sulfide) groups is 1. The Morgan fingerprint density at radius 2 is 2.18 bits per heavy atom. The molecule has 1 heterocycles. The molecule has 1 aromatic carbocycles. The number of aryl methyl sites for hydroxylation is 1. The number of hydrogen-bond donors (Lipinski definition) is 1. The van der Waals surface area contributed by atoms with Gasteiger partial charge in [0.05, 0.1) is 29.5 Å². The second-order valence-corrected chi connectivity index (χ2v) is 6.43. The van der Waals surface area contributed by atoms with E-state index >= 15 is 0 Å². The summed E-state index contributed by atoms with van der Waals surface area (Å²) >= 11 is 13.9. The molecule has 2 rings (SSSR count). The van der Waals surface area contributed by atoms with Crippen LogP contribution in [-0.2, 0) is 13.6 Å². The van der Waals surface area contributed by atoms with Gasteiger partial charge in [-0.25, -0.2) is 4.68 Å². The largest absolute Gasteiger partial charge is 0.492 e. The maximum atomic E-state index is 6.19. The maximum absolute atomic E-state index is 6.19. The lowest BCUT2D eigenvalue weighted by molar-refractivity contribution is -0.666. The van der Waals surface area contributed by atoms with Gasteiger partial charge in [0.15, 0.2) is 0 Å². The Kier molecular flexibility index (Phi) is 6.75. The molecule has 0 saturated heterocycles. The summed E-state index contributed by atoms with van der Waals surface area (Å²) in [5, 5.41) is 15.5. The highest BCUT2D eigenvalue weighted by Gasteiger charge is 2.12. The Bertz CT molecular complexity index is 622. The van der Waals surface area contributed by atoms with E-state index in [0.29, 0.717) is 16.7 Å². The number of ether oxygens (including phenoxy) is 1. The molecule has 6 nitrogen and oxygen atoms in total. The van der Waals surface area contributed by atoms with Crippen LogP contribution in [0.1, 0.15) is 12.5 Å². The molecule has 0 saturated carbocycles. The van der Waals surface area contributed by atoms with Crippen LogP contribution in [0.25, 0.3) is 0 Å². The number of tetrazole rings is 1. The van der Waals surface area contributed by atoms with E-state index in [1.807, 2.05) is 20.0 Å². The van der Waals surface area contributed by atoms with Crippen molar-refractivity contribution in [2.75, 3.05) is 18.9 Å². The monoisotopic (exact) mass is 362 g/mol. The summed E-state index contributed by atoms with van der Waals surface area (Å²) in [5.41, 5.74) is 1.00. The molecule has 0 atom stereocenters. The fraction of sp³-hybridized carbons (Fsp3) is 0.462. The predicted molar refractivity (Wildman–Crippen MR) is 87.6 cm³/mol. The zero-order valence-electron chi connectivity index (χ0n) is 12.4. The van der Waals surface area contributed by atoms with Crippen LogP contribution in [0, 0.1) is 0 Å².